The Kier molecular flexibility index (Phi) is 9.91. The maximum Gasteiger partial charge on any atom is 0.253 e. The van der Waals surface area contributed by atoms with Crippen molar-refractivity contribution in [2.45, 2.75) is 24.9 Å². The van der Waals surface area contributed by atoms with Gasteiger partial charge in [-0.05, 0) is 0 Å². The minimum absolute atomic E-state index is 0.00647. The van der Waals surface area contributed by atoms with Gasteiger partial charge in [-0.2, -0.15) is 0 Å². The van der Waals surface area contributed by atoms with Crippen LogP contribution >= 0.6 is 0 Å². The molecule has 3 unspecified atom stereocenters. The first-order valence-corrected chi connectivity index (χ1v) is 9.66. The van der Waals surface area contributed by atoms with E-state index in [0.29, 0.717) is 0 Å². The number of nitrogens with zero attached hydrogens (tertiary/aromatic N) is 2. The molecule has 0 saturated heterocycles. The van der Waals surface area contributed by atoms with E-state index in [1.807, 2.05) is 0 Å². The monoisotopic (exact) mass is 442 g/mol. The van der Waals surface area contributed by atoms with Crippen molar-refractivity contribution in [2.24, 2.45) is 0 Å². The lowest BCUT2D eigenvalue weighted by atomic mass is 10.3. The third-order valence-corrected chi connectivity index (χ3v) is 4.27. The van der Waals surface area contributed by atoms with Crippen LogP contribution in [0.3, 0.4) is 0 Å². The molecule has 0 fully saturated rings. The smallest absolute Gasteiger partial charge is 0.253 e. The molecule has 0 saturated carbocycles. The summed E-state index contributed by atoms with van der Waals surface area (Å²) in [5.74, 6) is -1.73. The van der Waals surface area contributed by atoms with Crippen molar-refractivity contribution in [3.8, 4) is 0 Å². The van der Waals surface area contributed by atoms with E-state index in [-0.39, 0.29) is 52.5 Å². The second-order valence-corrected chi connectivity index (χ2v) is 6.82. The van der Waals surface area contributed by atoms with Crippen molar-refractivity contribution in [1.29, 1.82) is 0 Å². The van der Waals surface area contributed by atoms with Crippen molar-refractivity contribution in [2.75, 3.05) is 46.1 Å². The molecular formula is C19H26N2O10. The third-order valence-electron chi connectivity index (χ3n) is 4.27. The standard InChI is InChI=1S/C19H26N2O10/c22-13(9-29-8-7-21-17(26)3-4-18(21)27)10-30-11-14(23)12-31-19(28)5-6-20-15(24)1-2-16(20)25/h1-4,13-14,19,22-23,28H,5-12H2. The third kappa shape index (κ3) is 8.28. The Balaban J connectivity index is 1.47. The lowest BCUT2D eigenvalue weighted by molar-refractivity contribution is -0.146. The molecule has 0 radical (unpaired) electrons. The second kappa shape index (κ2) is 12.4. The number of hydrogen-bond donors (Lipinski definition) is 3. The summed E-state index contributed by atoms with van der Waals surface area (Å²) in [6, 6.07) is 0. The van der Waals surface area contributed by atoms with Crippen LogP contribution in [0.25, 0.3) is 0 Å². The number of ether oxygens (including phenoxy) is 3. The average molecular weight is 442 g/mol. The van der Waals surface area contributed by atoms with Gasteiger partial charge in [-0.1, -0.05) is 0 Å². The number of carbonyl (C=O) groups is 4. The van der Waals surface area contributed by atoms with Gasteiger partial charge in [0.25, 0.3) is 23.6 Å². The number of amides is 4. The highest BCUT2D eigenvalue weighted by molar-refractivity contribution is 6.13. The van der Waals surface area contributed by atoms with E-state index in [1.54, 1.807) is 0 Å². The van der Waals surface area contributed by atoms with Gasteiger partial charge in [0.15, 0.2) is 6.29 Å². The highest BCUT2D eigenvalue weighted by atomic mass is 16.6. The van der Waals surface area contributed by atoms with Gasteiger partial charge in [0.05, 0.1) is 39.6 Å². The van der Waals surface area contributed by atoms with Gasteiger partial charge in [0, 0.05) is 37.3 Å². The molecule has 2 aliphatic rings. The lowest BCUT2D eigenvalue weighted by Crippen LogP contribution is -2.34. The minimum Gasteiger partial charge on any atom is -0.388 e. The topological polar surface area (TPSA) is 163 Å². The van der Waals surface area contributed by atoms with Crippen LogP contribution in [0.15, 0.2) is 24.3 Å². The number of carbonyl (C=O) groups excluding carboxylic acids is 4. The quantitative estimate of drug-likeness (QED) is 0.138. The van der Waals surface area contributed by atoms with Crippen LogP contribution in [0, 0.1) is 0 Å². The maximum absolute atomic E-state index is 11.4. The van der Waals surface area contributed by atoms with Gasteiger partial charge in [-0.3, -0.25) is 29.0 Å². The molecule has 12 heteroatoms. The molecule has 2 rings (SSSR count). The molecule has 0 aliphatic carbocycles. The number of aliphatic hydroxyl groups is 3. The SMILES string of the molecule is O=C1C=CC(=O)N1CCOCC(O)COCC(O)COC(O)CCN1C(=O)C=CC1=O. The molecule has 12 nitrogen and oxygen atoms in total. The number of rotatable bonds is 15. The zero-order chi connectivity index (χ0) is 22.8. The average Bonchev–Trinajstić information content (AvgIpc) is 3.22. The van der Waals surface area contributed by atoms with Crippen LogP contribution in [0.1, 0.15) is 6.42 Å². The highest BCUT2D eigenvalue weighted by Crippen LogP contribution is 2.07. The number of aliphatic hydroxyl groups excluding tert-OH is 3. The van der Waals surface area contributed by atoms with E-state index in [1.165, 1.54) is 12.2 Å². The Morgan fingerprint density at radius 2 is 1.13 bits per heavy atom. The Bertz CT molecular complexity index is 686. The second-order valence-electron chi connectivity index (χ2n) is 6.82. The molecule has 172 valence electrons. The van der Waals surface area contributed by atoms with Gasteiger partial charge in [0.1, 0.15) is 12.2 Å². The van der Waals surface area contributed by atoms with E-state index in [4.69, 9.17) is 14.2 Å². The number of imide groups is 2. The predicted molar refractivity (Wildman–Crippen MR) is 102 cm³/mol. The Labute approximate surface area is 178 Å². The molecule has 0 aromatic rings. The summed E-state index contributed by atoms with van der Waals surface area (Å²) in [5, 5.41) is 29.3. The normalized spacial score (nSPS) is 19.1. The molecule has 0 aromatic heterocycles. The summed E-state index contributed by atoms with van der Waals surface area (Å²) in [6.45, 7) is -0.505. The largest absolute Gasteiger partial charge is 0.388 e. The first-order chi connectivity index (χ1) is 14.8. The van der Waals surface area contributed by atoms with Gasteiger partial charge in [-0.15, -0.1) is 0 Å². The van der Waals surface area contributed by atoms with Crippen molar-refractivity contribution >= 4 is 23.6 Å². The molecule has 4 amide bonds. The highest BCUT2D eigenvalue weighted by Gasteiger charge is 2.24. The molecule has 0 spiro atoms. The van der Waals surface area contributed by atoms with E-state index < -0.39 is 42.1 Å². The fourth-order valence-corrected chi connectivity index (χ4v) is 2.66. The van der Waals surface area contributed by atoms with Crippen LogP contribution in [-0.4, -0.2) is 113 Å². The number of hydrogen-bond acceptors (Lipinski definition) is 10. The zero-order valence-corrected chi connectivity index (χ0v) is 16.8. The van der Waals surface area contributed by atoms with Gasteiger partial charge in [-0.25, -0.2) is 0 Å². The van der Waals surface area contributed by atoms with Crippen LogP contribution in [-0.2, 0) is 33.4 Å². The van der Waals surface area contributed by atoms with E-state index in [2.05, 4.69) is 0 Å². The Morgan fingerprint density at radius 3 is 1.68 bits per heavy atom. The van der Waals surface area contributed by atoms with E-state index >= 15 is 0 Å². The minimum atomic E-state index is -1.28. The first-order valence-electron chi connectivity index (χ1n) is 9.66. The van der Waals surface area contributed by atoms with E-state index in [0.717, 1.165) is 22.0 Å². The summed E-state index contributed by atoms with van der Waals surface area (Å²) < 4.78 is 15.4. The molecule has 31 heavy (non-hydrogen) atoms. The molecule has 0 aromatic carbocycles. The van der Waals surface area contributed by atoms with E-state index in [9.17, 15) is 34.5 Å². The molecule has 3 atom stereocenters. The fourth-order valence-electron chi connectivity index (χ4n) is 2.66. The Morgan fingerprint density at radius 1 is 0.677 bits per heavy atom. The van der Waals surface area contributed by atoms with Crippen LogP contribution in [0.5, 0.6) is 0 Å². The molecular weight excluding hydrogens is 416 g/mol. The maximum atomic E-state index is 11.4. The zero-order valence-electron chi connectivity index (χ0n) is 16.8. The van der Waals surface area contributed by atoms with Crippen molar-refractivity contribution in [3.63, 3.8) is 0 Å². The lowest BCUT2D eigenvalue weighted by Gasteiger charge is -2.19. The molecule has 0 bridgehead atoms. The first kappa shape index (κ1) is 24.8. The molecule has 2 aliphatic heterocycles. The summed E-state index contributed by atoms with van der Waals surface area (Å²) in [5.41, 5.74) is 0. The molecule has 2 heterocycles. The van der Waals surface area contributed by atoms with Gasteiger partial charge >= 0.3 is 0 Å². The summed E-state index contributed by atoms with van der Waals surface area (Å²) in [4.78, 5) is 47.4. The van der Waals surface area contributed by atoms with Crippen LogP contribution in [0.2, 0.25) is 0 Å². The van der Waals surface area contributed by atoms with Crippen LogP contribution in [0.4, 0.5) is 0 Å². The van der Waals surface area contributed by atoms with Crippen molar-refractivity contribution < 1.29 is 48.7 Å². The Hall–Kier alpha value is -2.48. The summed E-state index contributed by atoms with van der Waals surface area (Å²) >= 11 is 0. The molecule has 3 N–H and O–H groups in total. The predicted octanol–water partition coefficient (Wildman–Crippen LogP) is -2.68. The van der Waals surface area contributed by atoms with Crippen LogP contribution < -0.4 is 0 Å². The van der Waals surface area contributed by atoms with Crippen molar-refractivity contribution in [1.82, 2.24) is 9.80 Å². The van der Waals surface area contributed by atoms with Crippen molar-refractivity contribution in [3.05, 3.63) is 24.3 Å². The summed E-state index contributed by atoms with van der Waals surface area (Å²) in [7, 11) is 0. The fraction of sp³-hybridized carbons (Fsp3) is 0.579. The van der Waals surface area contributed by atoms with Gasteiger partial charge < -0.3 is 29.5 Å². The van der Waals surface area contributed by atoms with Gasteiger partial charge in [0.2, 0.25) is 0 Å². The summed E-state index contributed by atoms with van der Waals surface area (Å²) in [6.07, 6.45) is 1.29.